The van der Waals surface area contributed by atoms with E-state index in [1.54, 1.807) is 36.1 Å². The molecule has 1 aromatic carbocycles. The Balaban J connectivity index is 2.89. The minimum absolute atomic E-state index is 0.0949. The summed E-state index contributed by atoms with van der Waals surface area (Å²) in [6.07, 6.45) is -0.288. The standard InChI is InChI=1S/C15H19NO4/c1-4-16(11(3)17)13-8-6-7-12(9-13)14(18)10-15(19)20-5-2/h6-9H,4-5,10H2,1-3H3. The molecule has 0 unspecified atom stereocenters. The Morgan fingerprint density at radius 2 is 1.90 bits per heavy atom. The number of carbonyl (C=O) groups excluding carboxylic acids is 3. The summed E-state index contributed by atoms with van der Waals surface area (Å²) < 4.78 is 4.75. The first-order chi connectivity index (χ1) is 9.49. The number of rotatable bonds is 6. The van der Waals surface area contributed by atoms with Gasteiger partial charge in [-0.15, -0.1) is 0 Å². The van der Waals surface area contributed by atoms with Crippen LogP contribution in [0.1, 0.15) is 37.6 Å². The second-order valence-corrected chi connectivity index (χ2v) is 4.22. The van der Waals surface area contributed by atoms with E-state index in [1.165, 1.54) is 6.92 Å². The molecule has 1 aromatic rings. The number of hydrogen-bond donors (Lipinski definition) is 0. The fourth-order valence-electron chi connectivity index (χ4n) is 1.88. The van der Waals surface area contributed by atoms with Crippen molar-refractivity contribution in [2.45, 2.75) is 27.2 Å². The van der Waals surface area contributed by atoms with Crippen LogP contribution in [0.5, 0.6) is 0 Å². The number of anilines is 1. The van der Waals surface area contributed by atoms with Crippen LogP contribution in [-0.4, -0.2) is 30.8 Å². The maximum atomic E-state index is 12.0. The number of Topliss-reactive ketones (excluding diaryl/α,β-unsaturated/α-hetero) is 1. The van der Waals surface area contributed by atoms with Gasteiger partial charge in [0.1, 0.15) is 6.42 Å². The molecule has 0 aromatic heterocycles. The monoisotopic (exact) mass is 277 g/mol. The molecule has 0 saturated carbocycles. The smallest absolute Gasteiger partial charge is 0.313 e. The number of hydrogen-bond acceptors (Lipinski definition) is 4. The molecule has 108 valence electrons. The normalized spacial score (nSPS) is 9.95. The van der Waals surface area contributed by atoms with Crippen LogP contribution in [0.25, 0.3) is 0 Å². The van der Waals surface area contributed by atoms with Gasteiger partial charge in [0.05, 0.1) is 6.61 Å². The molecule has 5 nitrogen and oxygen atoms in total. The molecule has 0 saturated heterocycles. The molecule has 1 amide bonds. The highest BCUT2D eigenvalue weighted by atomic mass is 16.5. The van der Waals surface area contributed by atoms with E-state index in [0.717, 1.165) is 0 Å². The van der Waals surface area contributed by atoms with Crippen molar-refractivity contribution in [2.75, 3.05) is 18.1 Å². The molecule has 0 atom stereocenters. The van der Waals surface area contributed by atoms with Crippen LogP contribution < -0.4 is 4.90 Å². The van der Waals surface area contributed by atoms with Crippen LogP contribution in [0.15, 0.2) is 24.3 Å². The Kier molecular flexibility index (Phi) is 5.90. The van der Waals surface area contributed by atoms with Gasteiger partial charge in [0.25, 0.3) is 0 Å². The molecule has 20 heavy (non-hydrogen) atoms. The third-order valence-corrected chi connectivity index (χ3v) is 2.79. The first kappa shape index (κ1) is 15.9. The van der Waals surface area contributed by atoms with Gasteiger partial charge in [-0.25, -0.2) is 0 Å². The zero-order chi connectivity index (χ0) is 15.1. The zero-order valence-corrected chi connectivity index (χ0v) is 12.0. The van der Waals surface area contributed by atoms with Gasteiger partial charge in [0.15, 0.2) is 5.78 Å². The van der Waals surface area contributed by atoms with Crippen LogP contribution in [0.3, 0.4) is 0 Å². The summed E-state index contributed by atoms with van der Waals surface area (Å²) in [5.41, 5.74) is 1.05. The fourth-order valence-corrected chi connectivity index (χ4v) is 1.88. The molecule has 0 fully saturated rings. The van der Waals surface area contributed by atoms with Crippen LogP contribution in [0.4, 0.5) is 5.69 Å². The van der Waals surface area contributed by atoms with E-state index in [2.05, 4.69) is 0 Å². The van der Waals surface area contributed by atoms with Crippen LogP contribution in [-0.2, 0) is 14.3 Å². The number of ether oxygens (including phenoxy) is 1. The number of amides is 1. The summed E-state index contributed by atoms with van der Waals surface area (Å²) in [6, 6.07) is 6.69. The van der Waals surface area contributed by atoms with Gasteiger partial charge < -0.3 is 9.64 Å². The SMILES string of the molecule is CCOC(=O)CC(=O)c1cccc(N(CC)C(C)=O)c1. The number of nitrogens with zero attached hydrogens (tertiary/aromatic N) is 1. The van der Waals surface area contributed by atoms with E-state index in [4.69, 9.17) is 4.74 Å². The quantitative estimate of drug-likeness (QED) is 0.454. The summed E-state index contributed by atoms with van der Waals surface area (Å²) in [4.78, 5) is 36.3. The maximum absolute atomic E-state index is 12.0. The topological polar surface area (TPSA) is 63.7 Å². The largest absolute Gasteiger partial charge is 0.466 e. The van der Waals surface area contributed by atoms with E-state index < -0.39 is 5.97 Å². The lowest BCUT2D eigenvalue weighted by Crippen LogP contribution is -2.28. The van der Waals surface area contributed by atoms with Gasteiger partial charge in [-0.05, 0) is 26.0 Å². The predicted molar refractivity (Wildman–Crippen MR) is 75.7 cm³/mol. The van der Waals surface area contributed by atoms with Crippen molar-refractivity contribution in [3.05, 3.63) is 29.8 Å². The summed E-state index contributed by atoms with van der Waals surface area (Å²) in [7, 11) is 0. The van der Waals surface area contributed by atoms with Crippen molar-refractivity contribution in [1.82, 2.24) is 0 Å². The predicted octanol–water partition coefficient (Wildman–Crippen LogP) is 2.20. The van der Waals surface area contributed by atoms with Gasteiger partial charge in [-0.2, -0.15) is 0 Å². The summed E-state index contributed by atoms with van der Waals surface area (Å²) in [6.45, 7) is 5.78. The lowest BCUT2D eigenvalue weighted by Gasteiger charge is -2.19. The number of benzene rings is 1. The van der Waals surface area contributed by atoms with E-state index in [9.17, 15) is 14.4 Å². The summed E-state index contributed by atoms with van der Waals surface area (Å²) in [5.74, 6) is -0.950. The molecule has 0 aliphatic rings. The Morgan fingerprint density at radius 1 is 1.20 bits per heavy atom. The minimum Gasteiger partial charge on any atom is -0.466 e. The van der Waals surface area contributed by atoms with Crippen molar-refractivity contribution < 1.29 is 19.1 Å². The van der Waals surface area contributed by atoms with E-state index in [1.807, 2.05) is 6.92 Å². The van der Waals surface area contributed by atoms with E-state index in [0.29, 0.717) is 17.8 Å². The van der Waals surface area contributed by atoms with Crippen LogP contribution in [0.2, 0.25) is 0 Å². The molecule has 0 heterocycles. The molecule has 0 radical (unpaired) electrons. The average Bonchev–Trinajstić information content (AvgIpc) is 2.39. The molecular weight excluding hydrogens is 258 g/mol. The van der Waals surface area contributed by atoms with Gasteiger partial charge in [-0.3, -0.25) is 14.4 Å². The lowest BCUT2D eigenvalue weighted by atomic mass is 10.1. The van der Waals surface area contributed by atoms with Crippen LogP contribution in [0, 0.1) is 0 Å². The van der Waals surface area contributed by atoms with Gasteiger partial charge >= 0.3 is 5.97 Å². The number of ketones is 1. The first-order valence-corrected chi connectivity index (χ1v) is 6.56. The third-order valence-electron chi connectivity index (χ3n) is 2.79. The first-order valence-electron chi connectivity index (χ1n) is 6.56. The maximum Gasteiger partial charge on any atom is 0.313 e. The van der Waals surface area contributed by atoms with E-state index in [-0.39, 0.29) is 24.7 Å². The Bertz CT molecular complexity index is 510. The summed E-state index contributed by atoms with van der Waals surface area (Å²) >= 11 is 0. The lowest BCUT2D eigenvalue weighted by molar-refractivity contribution is -0.142. The zero-order valence-electron chi connectivity index (χ0n) is 12.0. The molecule has 0 aliphatic carbocycles. The summed E-state index contributed by atoms with van der Waals surface area (Å²) in [5, 5.41) is 0. The molecular formula is C15H19NO4. The number of carbonyl (C=O) groups is 3. The fraction of sp³-hybridized carbons (Fsp3) is 0.400. The highest BCUT2D eigenvalue weighted by Gasteiger charge is 2.15. The Labute approximate surface area is 118 Å². The number of esters is 1. The molecule has 0 spiro atoms. The van der Waals surface area contributed by atoms with Crippen molar-refractivity contribution in [3.63, 3.8) is 0 Å². The molecule has 0 bridgehead atoms. The Hall–Kier alpha value is -2.17. The Morgan fingerprint density at radius 3 is 2.45 bits per heavy atom. The van der Waals surface area contributed by atoms with E-state index >= 15 is 0 Å². The highest BCUT2D eigenvalue weighted by molar-refractivity contribution is 6.06. The second kappa shape index (κ2) is 7.43. The molecule has 0 N–H and O–H groups in total. The second-order valence-electron chi connectivity index (χ2n) is 4.22. The average molecular weight is 277 g/mol. The van der Waals surface area contributed by atoms with Crippen molar-refractivity contribution in [3.8, 4) is 0 Å². The van der Waals surface area contributed by atoms with Crippen LogP contribution >= 0.6 is 0 Å². The highest BCUT2D eigenvalue weighted by Crippen LogP contribution is 2.17. The van der Waals surface area contributed by atoms with Crippen molar-refractivity contribution >= 4 is 23.3 Å². The molecule has 1 rings (SSSR count). The molecule has 0 aliphatic heterocycles. The minimum atomic E-state index is -0.540. The van der Waals surface area contributed by atoms with Crippen molar-refractivity contribution in [1.29, 1.82) is 0 Å². The van der Waals surface area contributed by atoms with Gasteiger partial charge in [0.2, 0.25) is 5.91 Å². The molecule has 5 heteroatoms. The third kappa shape index (κ3) is 4.19. The van der Waals surface area contributed by atoms with Crippen molar-refractivity contribution in [2.24, 2.45) is 0 Å². The van der Waals surface area contributed by atoms with Gasteiger partial charge in [-0.1, -0.05) is 12.1 Å². The van der Waals surface area contributed by atoms with Gasteiger partial charge in [0, 0.05) is 24.7 Å².